The lowest BCUT2D eigenvalue weighted by molar-refractivity contribution is 0.363. The molecule has 0 aliphatic carbocycles. The van der Waals surface area contributed by atoms with Gasteiger partial charge in [-0.25, -0.2) is 0 Å². The molecule has 0 aromatic carbocycles. The molecule has 0 saturated heterocycles. The van der Waals surface area contributed by atoms with Gasteiger partial charge in [-0.2, -0.15) is 0 Å². The quantitative estimate of drug-likeness (QED) is 0.595. The van der Waals surface area contributed by atoms with Gasteiger partial charge in [0.15, 0.2) is 5.88 Å². The highest BCUT2D eigenvalue weighted by Gasteiger charge is 2.09. The van der Waals surface area contributed by atoms with Crippen LogP contribution in [0.25, 0.3) is 0 Å². The fourth-order valence-electron chi connectivity index (χ4n) is 0.956. The van der Waals surface area contributed by atoms with Crippen molar-refractivity contribution in [3.8, 4) is 11.8 Å². The lowest BCUT2D eigenvalue weighted by atomic mass is 10.5. The summed E-state index contributed by atoms with van der Waals surface area (Å²) in [5, 5.41) is 18.5. The van der Waals surface area contributed by atoms with E-state index in [4.69, 9.17) is 0 Å². The van der Waals surface area contributed by atoms with Crippen molar-refractivity contribution in [2.75, 3.05) is 0 Å². The molecule has 1 aromatic heterocycles. The van der Waals surface area contributed by atoms with Crippen molar-refractivity contribution < 1.29 is 10.2 Å². The van der Waals surface area contributed by atoms with Crippen LogP contribution < -0.4 is 0 Å². The molecule has 2 N–H and O–H groups in total. The van der Waals surface area contributed by atoms with Crippen molar-refractivity contribution in [1.29, 1.82) is 0 Å². The fourth-order valence-corrected chi connectivity index (χ4v) is 1.19. The Morgan fingerprint density at radius 2 is 2.18 bits per heavy atom. The third-order valence-electron chi connectivity index (χ3n) is 1.47. The molecule has 0 saturated carbocycles. The number of aromatic nitrogens is 1. The molecular weight excluding hydrogens is 162 g/mol. The summed E-state index contributed by atoms with van der Waals surface area (Å²) >= 11 is 3.95. The third kappa shape index (κ3) is 1.45. The molecule has 1 aromatic rings. The van der Waals surface area contributed by atoms with Gasteiger partial charge in [0, 0.05) is 12.6 Å². The summed E-state index contributed by atoms with van der Waals surface area (Å²) in [6.07, 6.45) is 0.864. The molecule has 0 radical (unpaired) electrons. The lowest BCUT2D eigenvalue weighted by Gasteiger charge is -2.02. The van der Waals surface area contributed by atoms with Gasteiger partial charge in [-0.05, 0) is 6.42 Å². The summed E-state index contributed by atoms with van der Waals surface area (Å²) in [6, 6.07) is 1.42. The average molecular weight is 173 g/mol. The minimum Gasteiger partial charge on any atom is -0.494 e. The maximum Gasteiger partial charge on any atom is 0.207 e. The molecular formula is C7H11NO2S. The van der Waals surface area contributed by atoms with Gasteiger partial charge in [-0.15, -0.1) is 12.6 Å². The molecule has 0 spiro atoms. The van der Waals surface area contributed by atoms with Crippen molar-refractivity contribution in [2.45, 2.75) is 24.8 Å². The number of rotatable bonds is 2. The van der Waals surface area contributed by atoms with Crippen LogP contribution in [-0.4, -0.2) is 14.8 Å². The molecule has 0 bridgehead atoms. The summed E-state index contributed by atoms with van der Waals surface area (Å²) < 4.78 is 1.42. The standard InChI is InChI=1S/C7H11NO2S/c1-2-3-8-6(9)4-5(11)7(8)10/h4,9-11H,2-3H2,1H3. The summed E-state index contributed by atoms with van der Waals surface area (Å²) in [4.78, 5) is 0.413. The van der Waals surface area contributed by atoms with Gasteiger partial charge < -0.3 is 10.2 Å². The highest BCUT2D eigenvalue weighted by molar-refractivity contribution is 7.80. The van der Waals surface area contributed by atoms with Crippen molar-refractivity contribution >= 4 is 12.6 Å². The first kappa shape index (κ1) is 8.33. The Morgan fingerprint density at radius 1 is 1.55 bits per heavy atom. The van der Waals surface area contributed by atoms with Crippen LogP contribution in [-0.2, 0) is 6.54 Å². The molecule has 1 rings (SSSR count). The summed E-state index contributed by atoms with van der Waals surface area (Å²) in [6.45, 7) is 2.58. The molecule has 1 heterocycles. The second-order valence-corrected chi connectivity index (χ2v) is 2.84. The second-order valence-electron chi connectivity index (χ2n) is 2.36. The first-order valence-corrected chi connectivity index (χ1v) is 3.92. The molecule has 0 aliphatic rings. The molecule has 3 nitrogen and oxygen atoms in total. The van der Waals surface area contributed by atoms with Crippen LogP contribution in [0.3, 0.4) is 0 Å². The maximum absolute atomic E-state index is 9.28. The van der Waals surface area contributed by atoms with Gasteiger partial charge in [0.05, 0.1) is 4.90 Å². The largest absolute Gasteiger partial charge is 0.494 e. The highest BCUT2D eigenvalue weighted by atomic mass is 32.1. The topological polar surface area (TPSA) is 45.4 Å². The predicted octanol–water partition coefficient (Wildman–Crippen LogP) is 1.60. The third-order valence-corrected chi connectivity index (χ3v) is 1.80. The Kier molecular flexibility index (Phi) is 2.34. The minimum atomic E-state index is 0.0349. The molecule has 11 heavy (non-hydrogen) atoms. The molecule has 0 atom stereocenters. The Bertz CT molecular complexity index is 257. The Balaban J connectivity index is 3.02. The van der Waals surface area contributed by atoms with Gasteiger partial charge in [0.2, 0.25) is 5.88 Å². The molecule has 62 valence electrons. The van der Waals surface area contributed by atoms with Crippen molar-refractivity contribution in [1.82, 2.24) is 4.57 Å². The highest BCUT2D eigenvalue weighted by Crippen LogP contribution is 2.29. The zero-order valence-electron chi connectivity index (χ0n) is 6.28. The first-order valence-electron chi connectivity index (χ1n) is 3.47. The Morgan fingerprint density at radius 3 is 2.55 bits per heavy atom. The summed E-state index contributed by atoms with van der Waals surface area (Å²) in [7, 11) is 0. The monoisotopic (exact) mass is 173 g/mol. The van der Waals surface area contributed by atoms with E-state index in [-0.39, 0.29) is 11.8 Å². The molecule has 0 amide bonds. The van der Waals surface area contributed by atoms with Gasteiger partial charge in [0.1, 0.15) is 0 Å². The lowest BCUT2D eigenvalue weighted by Crippen LogP contribution is -1.94. The molecule has 0 aliphatic heterocycles. The number of nitrogens with zero attached hydrogens (tertiary/aromatic N) is 1. The van der Waals surface area contributed by atoms with Crippen LogP contribution in [0.15, 0.2) is 11.0 Å². The van der Waals surface area contributed by atoms with E-state index in [2.05, 4.69) is 12.6 Å². The maximum atomic E-state index is 9.28. The van der Waals surface area contributed by atoms with Crippen LogP contribution in [0, 0.1) is 0 Å². The normalized spacial score (nSPS) is 10.4. The Labute approximate surface area is 70.7 Å². The van der Waals surface area contributed by atoms with E-state index in [9.17, 15) is 10.2 Å². The van der Waals surface area contributed by atoms with Crippen molar-refractivity contribution in [2.24, 2.45) is 0 Å². The van der Waals surface area contributed by atoms with Gasteiger partial charge >= 0.3 is 0 Å². The zero-order valence-corrected chi connectivity index (χ0v) is 7.17. The van der Waals surface area contributed by atoms with E-state index in [0.717, 1.165) is 6.42 Å². The van der Waals surface area contributed by atoms with E-state index < -0.39 is 0 Å². The van der Waals surface area contributed by atoms with Crippen LogP contribution in [0.2, 0.25) is 0 Å². The van der Waals surface area contributed by atoms with E-state index in [1.54, 1.807) is 0 Å². The number of hydrogen-bond donors (Lipinski definition) is 3. The number of thiol groups is 1. The van der Waals surface area contributed by atoms with E-state index in [1.807, 2.05) is 6.92 Å². The van der Waals surface area contributed by atoms with Gasteiger partial charge in [0.25, 0.3) is 0 Å². The molecule has 4 heteroatoms. The van der Waals surface area contributed by atoms with E-state index in [0.29, 0.717) is 11.4 Å². The average Bonchev–Trinajstić information content (AvgIpc) is 2.17. The second kappa shape index (κ2) is 3.09. The first-order chi connectivity index (χ1) is 5.16. The van der Waals surface area contributed by atoms with E-state index in [1.165, 1.54) is 10.6 Å². The van der Waals surface area contributed by atoms with E-state index >= 15 is 0 Å². The van der Waals surface area contributed by atoms with Crippen LogP contribution in [0.5, 0.6) is 11.8 Å². The summed E-state index contributed by atoms with van der Waals surface area (Å²) in [5.74, 6) is 0.0991. The zero-order chi connectivity index (χ0) is 8.43. The molecule has 0 fully saturated rings. The summed E-state index contributed by atoms with van der Waals surface area (Å²) in [5.41, 5.74) is 0. The van der Waals surface area contributed by atoms with Crippen LogP contribution >= 0.6 is 12.6 Å². The van der Waals surface area contributed by atoms with Crippen LogP contribution in [0.1, 0.15) is 13.3 Å². The smallest absolute Gasteiger partial charge is 0.207 e. The van der Waals surface area contributed by atoms with Crippen molar-refractivity contribution in [3.63, 3.8) is 0 Å². The fraction of sp³-hybridized carbons (Fsp3) is 0.429. The molecule has 0 unspecified atom stereocenters. The minimum absolute atomic E-state index is 0.0349. The number of aromatic hydroxyl groups is 2. The van der Waals surface area contributed by atoms with Gasteiger partial charge in [-0.1, -0.05) is 6.92 Å². The SMILES string of the molecule is CCCn1c(O)cc(S)c1O. The van der Waals surface area contributed by atoms with Gasteiger partial charge in [-0.3, -0.25) is 4.57 Å². The van der Waals surface area contributed by atoms with Crippen LogP contribution in [0.4, 0.5) is 0 Å². The number of hydrogen-bond acceptors (Lipinski definition) is 3. The van der Waals surface area contributed by atoms with Crippen molar-refractivity contribution in [3.05, 3.63) is 6.07 Å². The Hall–Kier alpha value is -0.770. The predicted molar refractivity (Wildman–Crippen MR) is 45.3 cm³/mol.